The smallest absolute Gasteiger partial charge is 0.243 e. The van der Waals surface area contributed by atoms with Crippen LogP contribution in [0, 0.1) is 5.92 Å². The molecule has 1 atom stereocenters. The van der Waals surface area contributed by atoms with Crippen LogP contribution in [0.15, 0.2) is 64.6 Å². The molecular weight excluding hydrogens is 474 g/mol. The molecule has 1 saturated heterocycles. The first kappa shape index (κ1) is 24.2. The van der Waals surface area contributed by atoms with Crippen LogP contribution in [0.25, 0.3) is 11.4 Å². The number of carbonyl (C=O) groups excluding carboxylic acids is 1. The van der Waals surface area contributed by atoms with Crippen LogP contribution in [0.4, 0.5) is 0 Å². The number of benzene rings is 2. The van der Waals surface area contributed by atoms with E-state index in [1.807, 2.05) is 30.3 Å². The fraction of sp³-hybridized carbons (Fsp3) is 0.348. The van der Waals surface area contributed by atoms with Gasteiger partial charge >= 0.3 is 0 Å². The van der Waals surface area contributed by atoms with Gasteiger partial charge in [-0.2, -0.15) is 4.31 Å². The van der Waals surface area contributed by atoms with E-state index in [9.17, 15) is 13.2 Å². The molecule has 0 saturated carbocycles. The highest BCUT2D eigenvalue weighted by molar-refractivity contribution is 7.99. The zero-order chi connectivity index (χ0) is 24.0. The maximum atomic E-state index is 13.0. The van der Waals surface area contributed by atoms with Crippen LogP contribution in [-0.4, -0.2) is 66.3 Å². The number of methoxy groups -OCH3 is 1. The first-order chi connectivity index (χ1) is 16.5. The molecule has 2 aromatic carbocycles. The van der Waals surface area contributed by atoms with Gasteiger partial charge in [0.25, 0.3) is 0 Å². The van der Waals surface area contributed by atoms with Crippen molar-refractivity contribution in [1.82, 2.24) is 24.8 Å². The number of hydrogen-bond donors (Lipinski definition) is 2. The minimum atomic E-state index is -3.66. The molecule has 3 aromatic rings. The standard InChI is InChI=1S/C23H27N5O4S2/c1-32-19-9-11-20(12-10-19)34(30,31)28-14-5-8-18(16-28)22(29)24-13-15-33-23-25-21(26-27-23)17-6-3-2-4-7-17/h2-4,6-7,9-12,18H,5,8,13-16H2,1H3,(H,24,29)(H,25,26,27)/t18-/m0/s1. The van der Waals surface area contributed by atoms with Crippen LogP contribution >= 0.6 is 11.8 Å². The topological polar surface area (TPSA) is 117 Å². The van der Waals surface area contributed by atoms with E-state index in [2.05, 4.69) is 20.5 Å². The average Bonchev–Trinajstić information content (AvgIpc) is 3.36. The summed E-state index contributed by atoms with van der Waals surface area (Å²) in [5.41, 5.74) is 0.960. The predicted molar refractivity (Wildman–Crippen MR) is 130 cm³/mol. The van der Waals surface area contributed by atoms with Crippen LogP contribution in [0.5, 0.6) is 5.75 Å². The summed E-state index contributed by atoms with van der Waals surface area (Å²) in [6.07, 6.45) is 1.30. The second-order valence-electron chi connectivity index (χ2n) is 7.85. The van der Waals surface area contributed by atoms with E-state index < -0.39 is 10.0 Å². The van der Waals surface area contributed by atoms with Gasteiger partial charge in [0.1, 0.15) is 5.75 Å². The monoisotopic (exact) mass is 501 g/mol. The van der Waals surface area contributed by atoms with Gasteiger partial charge in [-0.25, -0.2) is 13.4 Å². The van der Waals surface area contributed by atoms with E-state index in [1.54, 1.807) is 12.1 Å². The number of H-pyrrole nitrogens is 1. The number of ether oxygens (including phenoxy) is 1. The molecule has 0 radical (unpaired) electrons. The summed E-state index contributed by atoms with van der Waals surface area (Å²) in [5, 5.41) is 10.7. The second kappa shape index (κ2) is 11.0. The van der Waals surface area contributed by atoms with Crippen molar-refractivity contribution in [2.75, 3.05) is 32.5 Å². The minimum absolute atomic E-state index is 0.129. The van der Waals surface area contributed by atoms with Crippen molar-refractivity contribution < 1.29 is 17.9 Å². The Morgan fingerprint density at radius 1 is 1.21 bits per heavy atom. The summed E-state index contributed by atoms with van der Waals surface area (Å²) in [5.74, 6) is 1.40. The highest BCUT2D eigenvalue weighted by Gasteiger charge is 2.33. The molecule has 1 aromatic heterocycles. The molecule has 0 bridgehead atoms. The van der Waals surface area contributed by atoms with Crippen LogP contribution in [-0.2, 0) is 14.8 Å². The van der Waals surface area contributed by atoms with Gasteiger partial charge in [0.15, 0.2) is 5.82 Å². The van der Waals surface area contributed by atoms with E-state index in [0.29, 0.717) is 48.4 Å². The predicted octanol–water partition coefficient (Wildman–Crippen LogP) is 2.79. The number of aromatic nitrogens is 3. The van der Waals surface area contributed by atoms with E-state index in [0.717, 1.165) is 5.56 Å². The lowest BCUT2D eigenvalue weighted by Crippen LogP contribution is -2.45. The molecule has 0 unspecified atom stereocenters. The van der Waals surface area contributed by atoms with Gasteiger partial charge in [0.05, 0.1) is 17.9 Å². The number of sulfonamides is 1. The lowest BCUT2D eigenvalue weighted by Gasteiger charge is -2.31. The quantitative estimate of drug-likeness (QED) is 0.342. The minimum Gasteiger partial charge on any atom is -0.497 e. The largest absolute Gasteiger partial charge is 0.497 e. The Kier molecular flexibility index (Phi) is 7.86. The maximum absolute atomic E-state index is 13.0. The average molecular weight is 502 g/mol. The van der Waals surface area contributed by atoms with Crippen LogP contribution in [0.2, 0.25) is 0 Å². The number of amides is 1. The summed E-state index contributed by atoms with van der Waals surface area (Å²) in [7, 11) is -2.13. The van der Waals surface area contributed by atoms with E-state index in [-0.39, 0.29) is 23.3 Å². The normalized spacial score (nSPS) is 16.8. The Hall–Kier alpha value is -2.89. The molecule has 0 spiro atoms. The SMILES string of the molecule is COc1ccc(S(=O)(=O)N2CCC[C@H](C(=O)NCCSc3n[nH]c(-c4ccccc4)n3)C2)cc1. The van der Waals surface area contributed by atoms with E-state index in [4.69, 9.17) is 4.74 Å². The van der Waals surface area contributed by atoms with Crippen molar-refractivity contribution in [3.05, 3.63) is 54.6 Å². The molecule has 1 amide bonds. The van der Waals surface area contributed by atoms with E-state index >= 15 is 0 Å². The van der Waals surface area contributed by atoms with Crippen LogP contribution in [0.1, 0.15) is 12.8 Å². The van der Waals surface area contributed by atoms with Crippen LogP contribution < -0.4 is 10.1 Å². The number of piperidine rings is 1. The molecule has 1 aliphatic heterocycles. The second-order valence-corrected chi connectivity index (χ2v) is 10.8. The van der Waals surface area contributed by atoms with Gasteiger partial charge in [-0.3, -0.25) is 9.89 Å². The Bertz CT molecular complexity index is 1200. The molecular formula is C23H27N5O4S2. The fourth-order valence-corrected chi connectivity index (χ4v) is 5.95. The first-order valence-electron chi connectivity index (χ1n) is 11.0. The number of rotatable bonds is 9. The first-order valence-corrected chi connectivity index (χ1v) is 13.4. The summed E-state index contributed by atoms with van der Waals surface area (Å²) < 4.78 is 32.5. The van der Waals surface area contributed by atoms with Crippen molar-refractivity contribution >= 4 is 27.7 Å². The van der Waals surface area contributed by atoms with Crippen molar-refractivity contribution in [1.29, 1.82) is 0 Å². The van der Waals surface area contributed by atoms with Gasteiger partial charge < -0.3 is 10.1 Å². The van der Waals surface area contributed by atoms with Crippen LogP contribution in [0.3, 0.4) is 0 Å². The molecule has 1 fully saturated rings. The maximum Gasteiger partial charge on any atom is 0.243 e. The molecule has 0 aliphatic carbocycles. The fourth-order valence-electron chi connectivity index (χ4n) is 3.77. The van der Waals surface area contributed by atoms with E-state index in [1.165, 1.54) is 35.3 Å². The lowest BCUT2D eigenvalue weighted by molar-refractivity contribution is -0.125. The Morgan fingerprint density at radius 3 is 2.71 bits per heavy atom. The molecule has 34 heavy (non-hydrogen) atoms. The molecule has 2 N–H and O–H groups in total. The van der Waals surface area contributed by atoms with Gasteiger partial charge in [0.2, 0.25) is 21.1 Å². The molecule has 1 aliphatic rings. The zero-order valence-corrected chi connectivity index (χ0v) is 20.4. The number of thioether (sulfide) groups is 1. The van der Waals surface area contributed by atoms with Gasteiger partial charge in [-0.05, 0) is 37.1 Å². The van der Waals surface area contributed by atoms with Gasteiger partial charge in [-0.1, -0.05) is 42.1 Å². The Balaban J connectivity index is 1.26. The van der Waals surface area contributed by atoms with Crippen molar-refractivity contribution in [2.24, 2.45) is 5.92 Å². The Morgan fingerprint density at radius 2 is 1.97 bits per heavy atom. The number of aromatic amines is 1. The molecule has 180 valence electrons. The number of carbonyl (C=O) groups is 1. The molecule has 2 heterocycles. The zero-order valence-electron chi connectivity index (χ0n) is 18.8. The third-order valence-electron chi connectivity index (χ3n) is 5.60. The summed E-state index contributed by atoms with van der Waals surface area (Å²) in [6, 6.07) is 16.0. The summed E-state index contributed by atoms with van der Waals surface area (Å²) >= 11 is 1.44. The molecule has 9 nitrogen and oxygen atoms in total. The molecule has 11 heteroatoms. The van der Waals surface area contributed by atoms with Crippen molar-refractivity contribution in [3.8, 4) is 17.1 Å². The summed E-state index contributed by atoms with van der Waals surface area (Å²) in [6.45, 7) is 1.03. The summed E-state index contributed by atoms with van der Waals surface area (Å²) in [4.78, 5) is 17.4. The number of nitrogens with zero attached hydrogens (tertiary/aromatic N) is 3. The highest BCUT2D eigenvalue weighted by atomic mass is 32.2. The number of nitrogens with one attached hydrogen (secondary N) is 2. The van der Waals surface area contributed by atoms with Crippen molar-refractivity contribution in [3.63, 3.8) is 0 Å². The third kappa shape index (κ3) is 5.78. The van der Waals surface area contributed by atoms with Crippen molar-refractivity contribution in [2.45, 2.75) is 22.9 Å². The highest BCUT2D eigenvalue weighted by Crippen LogP contribution is 2.25. The molecule has 4 rings (SSSR count). The third-order valence-corrected chi connectivity index (χ3v) is 8.33. The number of hydrogen-bond acceptors (Lipinski definition) is 7. The van der Waals surface area contributed by atoms with Gasteiger partial charge in [-0.15, -0.1) is 5.10 Å². The van der Waals surface area contributed by atoms with Gasteiger partial charge in [0, 0.05) is 31.0 Å². The lowest BCUT2D eigenvalue weighted by atomic mass is 9.99. The Labute approximate surface area is 203 Å².